The number of imidazole rings is 1. The number of aryl methyl sites for hydroxylation is 2. The van der Waals surface area contributed by atoms with E-state index < -0.39 is 0 Å². The molecule has 1 aromatic carbocycles. The maximum Gasteiger partial charge on any atom is 0.123 e. The van der Waals surface area contributed by atoms with Crippen molar-refractivity contribution in [3.05, 3.63) is 59.7 Å². The molecule has 1 saturated heterocycles. The van der Waals surface area contributed by atoms with Gasteiger partial charge in [0.05, 0.1) is 23.3 Å². The molecule has 0 N–H and O–H groups in total. The summed E-state index contributed by atoms with van der Waals surface area (Å²) in [6, 6.07) is 14.7. The van der Waals surface area contributed by atoms with Crippen molar-refractivity contribution in [1.82, 2.24) is 24.3 Å². The van der Waals surface area contributed by atoms with Crippen molar-refractivity contribution < 1.29 is 0 Å². The molecule has 3 aromatic rings. The lowest BCUT2D eigenvalue weighted by Crippen LogP contribution is -2.31. The van der Waals surface area contributed by atoms with E-state index in [1.807, 2.05) is 0 Å². The minimum atomic E-state index is 0.918. The molecule has 2 aromatic heterocycles. The molecule has 0 radical (unpaired) electrons. The molecule has 5 heteroatoms. The van der Waals surface area contributed by atoms with Crippen LogP contribution in [0.1, 0.15) is 23.6 Å². The Labute approximate surface area is 155 Å². The zero-order valence-electron chi connectivity index (χ0n) is 15.7. The number of para-hydroxylation sites is 2. The summed E-state index contributed by atoms with van der Waals surface area (Å²) in [6.45, 7) is 8.35. The smallest absolute Gasteiger partial charge is 0.123 e. The van der Waals surface area contributed by atoms with Gasteiger partial charge in [0.15, 0.2) is 0 Å². The fourth-order valence-electron chi connectivity index (χ4n) is 3.79. The summed E-state index contributed by atoms with van der Waals surface area (Å²) in [5, 5.41) is 0. The Morgan fingerprint density at radius 2 is 1.62 bits per heavy atom. The molecule has 26 heavy (non-hydrogen) atoms. The SMILES string of the molecule is Cc1cccc(CN2CCCN(Cc3nc4ccccc4n3C)CC2)n1. The second-order valence-corrected chi connectivity index (χ2v) is 7.25. The summed E-state index contributed by atoms with van der Waals surface area (Å²) in [6.07, 6.45) is 1.19. The molecule has 136 valence electrons. The van der Waals surface area contributed by atoms with Gasteiger partial charge in [-0.2, -0.15) is 0 Å². The molecule has 4 rings (SSSR count). The third kappa shape index (κ3) is 3.79. The average molecular weight is 349 g/mol. The number of hydrogen-bond acceptors (Lipinski definition) is 4. The highest BCUT2D eigenvalue weighted by Gasteiger charge is 2.18. The van der Waals surface area contributed by atoms with Crippen molar-refractivity contribution in [2.75, 3.05) is 26.2 Å². The van der Waals surface area contributed by atoms with Crippen LogP contribution in [-0.4, -0.2) is 50.5 Å². The van der Waals surface area contributed by atoms with Crippen molar-refractivity contribution in [2.45, 2.75) is 26.4 Å². The zero-order valence-corrected chi connectivity index (χ0v) is 15.7. The predicted octanol–water partition coefficient (Wildman–Crippen LogP) is 2.98. The number of hydrogen-bond donors (Lipinski definition) is 0. The van der Waals surface area contributed by atoms with Crippen LogP contribution in [0, 0.1) is 6.92 Å². The molecule has 1 fully saturated rings. The van der Waals surface area contributed by atoms with Crippen LogP contribution in [0.2, 0.25) is 0 Å². The Morgan fingerprint density at radius 3 is 2.38 bits per heavy atom. The van der Waals surface area contributed by atoms with Gasteiger partial charge in [0.1, 0.15) is 5.82 Å². The summed E-state index contributed by atoms with van der Waals surface area (Å²) in [4.78, 5) is 14.5. The molecule has 1 aliphatic heterocycles. The van der Waals surface area contributed by atoms with Crippen molar-refractivity contribution in [3.8, 4) is 0 Å². The van der Waals surface area contributed by atoms with Crippen molar-refractivity contribution >= 4 is 11.0 Å². The van der Waals surface area contributed by atoms with Gasteiger partial charge in [-0.1, -0.05) is 18.2 Å². The van der Waals surface area contributed by atoms with Crippen molar-refractivity contribution in [3.63, 3.8) is 0 Å². The van der Waals surface area contributed by atoms with Gasteiger partial charge >= 0.3 is 0 Å². The third-order valence-electron chi connectivity index (χ3n) is 5.26. The van der Waals surface area contributed by atoms with Crippen molar-refractivity contribution in [2.24, 2.45) is 7.05 Å². The maximum absolute atomic E-state index is 4.83. The molecule has 5 nitrogen and oxygen atoms in total. The highest BCUT2D eigenvalue weighted by Crippen LogP contribution is 2.16. The first-order valence-corrected chi connectivity index (χ1v) is 9.46. The largest absolute Gasteiger partial charge is 0.330 e. The Hall–Kier alpha value is -2.24. The second-order valence-electron chi connectivity index (χ2n) is 7.25. The molecule has 0 unspecified atom stereocenters. The van der Waals surface area contributed by atoms with E-state index in [0.717, 1.165) is 56.3 Å². The van der Waals surface area contributed by atoms with Gasteiger partial charge in [-0.15, -0.1) is 0 Å². The monoisotopic (exact) mass is 349 g/mol. The quantitative estimate of drug-likeness (QED) is 0.726. The predicted molar refractivity (Wildman–Crippen MR) is 105 cm³/mol. The first-order chi connectivity index (χ1) is 12.7. The first-order valence-electron chi connectivity index (χ1n) is 9.46. The lowest BCUT2D eigenvalue weighted by atomic mass is 10.3. The van der Waals surface area contributed by atoms with Gasteiger partial charge in [-0.05, 0) is 50.7 Å². The Balaban J connectivity index is 1.39. The van der Waals surface area contributed by atoms with E-state index in [4.69, 9.17) is 4.98 Å². The number of fused-ring (bicyclic) bond motifs is 1. The van der Waals surface area contributed by atoms with Crippen LogP contribution in [0.5, 0.6) is 0 Å². The Kier molecular flexibility index (Phi) is 5.00. The normalized spacial score (nSPS) is 16.8. The molecule has 0 spiro atoms. The topological polar surface area (TPSA) is 37.2 Å². The summed E-state index contributed by atoms with van der Waals surface area (Å²) >= 11 is 0. The fraction of sp³-hybridized carbons (Fsp3) is 0.429. The minimum absolute atomic E-state index is 0.918. The van der Waals surface area contributed by atoms with Gasteiger partial charge in [0.2, 0.25) is 0 Å². The van der Waals surface area contributed by atoms with Crippen LogP contribution in [0.15, 0.2) is 42.5 Å². The molecular weight excluding hydrogens is 322 g/mol. The van der Waals surface area contributed by atoms with Gasteiger partial charge < -0.3 is 4.57 Å². The molecule has 0 saturated carbocycles. The number of aromatic nitrogens is 3. The van der Waals surface area contributed by atoms with Crippen LogP contribution in [0.25, 0.3) is 11.0 Å². The molecule has 1 aliphatic rings. The summed E-state index contributed by atoms with van der Waals surface area (Å²) < 4.78 is 2.23. The molecule has 0 aliphatic carbocycles. The number of rotatable bonds is 4. The first kappa shape index (κ1) is 17.2. The van der Waals surface area contributed by atoms with Gasteiger partial charge in [0, 0.05) is 32.4 Å². The Morgan fingerprint density at radius 1 is 0.846 bits per heavy atom. The van der Waals surface area contributed by atoms with Crippen LogP contribution >= 0.6 is 0 Å². The summed E-state index contributed by atoms with van der Waals surface area (Å²) in [5.74, 6) is 1.15. The van der Waals surface area contributed by atoms with Crippen LogP contribution in [0.4, 0.5) is 0 Å². The van der Waals surface area contributed by atoms with E-state index in [1.165, 1.54) is 17.6 Å². The average Bonchev–Trinajstić information content (AvgIpc) is 2.79. The fourth-order valence-corrected chi connectivity index (χ4v) is 3.79. The lowest BCUT2D eigenvalue weighted by molar-refractivity contribution is 0.241. The lowest BCUT2D eigenvalue weighted by Gasteiger charge is -2.21. The molecular formula is C21H27N5. The maximum atomic E-state index is 4.83. The minimum Gasteiger partial charge on any atom is -0.330 e. The van der Waals surface area contributed by atoms with Gasteiger partial charge in [0.25, 0.3) is 0 Å². The van der Waals surface area contributed by atoms with Crippen LogP contribution in [0.3, 0.4) is 0 Å². The second kappa shape index (κ2) is 7.56. The van der Waals surface area contributed by atoms with Crippen LogP contribution < -0.4 is 0 Å². The van der Waals surface area contributed by atoms with E-state index in [9.17, 15) is 0 Å². The number of nitrogens with zero attached hydrogens (tertiary/aromatic N) is 5. The van der Waals surface area contributed by atoms with Gasteiger partial charge in [-0.25, -0.2) is 4.98 Å². The van der Waals surface area contributed by atoms with E-state index in [-0.39, 0.29) is 0 Å². The van der Waals surface area contributed by atoms with Crippen LogP contribution in [-0.2, 0) is 20.1 Å². The standard InChI is InChI=1S/C21H27N5/c1-17-7-5-8-18(22-17)15-25-11-6-12-26(14-13-25)16-21-23-19-9-3-4-10-20(19)24(21)2/h3-5,7-10H,6,11-16H2,1-2H3. The van der Waals surface area contributed by atoms with E-state index in [1.54, 1.807) is 0 Å². The van der Waals surface area contributed by atoms with E-state index in [2.05, 4.69) is 75.8 Å². The highest BCUT2D eigenvalue weighted by atomic mass is 15.2. The van der Waals surface area contributed by atoms with Crippen molar-refractivity contribution in [1.29, 1.82) is 0 Å². The summed E-state index contributed by atoms with van der Waals surface area (Å²) in [5.41, 5.74) is 4.58. The summed E-state index contributed by atoms with van der Waals surface area (Å²) in [7, 11) is 2.12. The third-order valence-corrected chi connectivity index (χ3v) is 5.26. The highest BCUT2D eigenvalue weighted by molar-refractivity contribution is 5.75. The number of benzene rings is 1. The van der Waals surface area contributed by atoms with E-state index in [0.29, 0.717) is 0 Å². The van der Waals surface area contributed by atoms with E-state index >= 15 is 0 Å². The molecule has 3 heterocycles. The molecule has 0 bridgehead atoms. The number of pyridine rings is 1. The van der Waals surface area contributed by atoms with Gasteiger partial charge in [-0.3, -0.25) is 14.8 Å². The molecule has 0 amide bonds. The molecule has 0 atom stereocenters. The zero-order chi connectivity index (χ0) is 17.9. The Bertz CT molecular complexity index is 885.